The first-order chi connectivity index (χ1) is 7.02. The second kappa shape index (κ2) is 6.22. The van der Waals surface area contributed by atoms with Crippen LogP contribution in [0.1, 0.15) is 33.6 Å². The van der Waals surface area contributed by atoms with Crippen molar-refractivity contribution in [3.63, 3.8) is 0 Å². The quantitative estimate of drug-likeness (QED) is 0.536. The van der Waals surface area contributed by atoms with Crippen molar-refractivity contribution in [2.45, 2.75) is 39.2 Å². The maximum absolute atomic E-state index is 11.7. The molecule has 0 heterocycles. The molecule has 4 heteroatoms. The predicted molar refractivity (Wildman–Crippen MR) is 58.3 cm³/mol. The number of esters is 1. The molecule has 0 spiro atoms. The van der Waals surface area contributed by atoms with Crippen LogP contribution in [0.25, 0.3) is 0 Å². The highest BCUT2D eigenvalue weighted by molar-refractivity contribution is 5.87. The van der Waals surface area contributed by atoms with Crippen LogP contribution in [-0.2, 0) is 14.3 Å². The van der Waals surface area contributed by atoms with Crippen molar-refractivity contribution in [3.8, 4) is 0 Å². The molecule has 0 aliphatic carbocycles. The van der Waals surface area contributed by atoms with Crippen molar-refractivity contribution in [3.05, 3.63) is 12.7 Å². The van der Waals surface area contributed by atoms with Gasteiger partial charge >= 0.3 is 5.97 Å². The van der Waals surface area contributed by atoms with Crippen LogP contribution in [0.2, 0.25) is 0 Å². The van der Waals surface area contributed by atoms with Crippen LogP contribution >= 0.6 is 0 Å². The van der Waals surface area contributed by atoms with Crippen LogP contribution in [0.3, 0.4) is 0 Å². The summed E-state index contributed by atoms with van der Waals surface area (Å²) in [5.74, 6) is -0.644. The first-order valence-electron chi connectivity index (χ1n) is 5.09. The number of amides is 1. The standard InChI is InChI=1S/C11H19NO3/c1-5-8-11(6-2,12-9(4)13)10(14)15-7-3/h5H,1,6-8H2,2-4H3,(H,12,13)/t11-/m1/s1. The first kappa shape index (κ1) is 13.7. The topological polar surface area (TPSA) is 55.4 Å². The molecule has 0 saturated heterocycles. The van der Waals surface area contributed by atoms with Crippen molar-refractivity contribution < 1.29 is 14.3 Å². The Morgan fingerprint density at radius 1 is 1.47 bits per heavy atom. The van der Waals surface area contributed by atoms with Gasteiger partial charge in [-0.2, -0.15) is 0 Å². The van der Waals surface area contributed by atoms with Crippen LogP contribution in [0.15, 0.2) is 12.7 Å². The van der Waals surface area contributed by atoms with Crippen molar-refractivity contribution in [2.75, 3.05) is 6.61 Å². The largest absolute Gasteiger partial charge is 0.464 e. The van der Waals surface area contributed by atoms with E-state index >= 15 is 0 Å². The number of ether oxygens (including phenoxy) is 1. The van der Waals surface area contributed by atoms with Gasteiger partial charge in [-0.1, -0.05) is 13.0 Å². The highest BCUT2D eigenvalue weighted by atomic mass is 16.5. The van der Waals surface area contributed by atoms with Crippen LogP contribution < -0.4 is 5.32 Å². The lowest BCUT2D eigenvalue weighted by Crippen LogP contribution is -2.54. The summed E-state index contributed by atoms with van der Waals surface area (Å²) in [6, 6.07) is 0. The van der Waals surface area contributed by atoms with Gasteiger partial charge in [-0.25, -0.2) is 4.79 Å². The van der Waals surface area contributed by atoms with Crippen molar-refractivity contribution in [1.29, 1.82) is 0 Å². The zero-order valence-corrected chi connectivity index (χ0v) is 9.63. The van der Waals surface area contributed by atoms with E-state index in [1.54, 1.807) is 13.0 Å². The summed E-state index contributed by atoms with van der Waals surface area (Å²) in [5, 5.41) is 2.64. The highest BCUT2D eigenvalue weighted by Crippen LogP contribution is 2.18. The molecule has 0 rings (SSSR count). The van der Waals surface area contributed by atoms with Gasteiger partial charge in [0, 0.05) is 6.92 Å². The molecule has 0 unspecified atom stereocenters. The van der Waals surface area contributed by atoms with Crippen LogP contribution in [0.5, 0.6) is 0 Å². The molecule has 0 fully saturated rings. The molecule has 0 saturated carbocycles. The second-order valence-electron chi connectivity index (χ2n) is 3.33. The Morgan fingerprint density at radius 3 is 2.40 bits per heavy atom. The number of nitrogens with one attached hydrogen (secondary N) is 1. The van der Waals surface area contributed by atoms with Gasteiger partial charge < -0.3 is 10.1 Å². The van der Waals surface area contributed by atoms with Gasteiger partial charge in [0.1, 0.15) is 5.54 Å². The van der Waals surface area contributed by atoms with E-state index in [0.29, 0.717) is 19.4 Å². The number of rotatable bonds is 6. The van der Waals surface area contributed by atoms with Gasteiger partial charge in [0.2, 0.25) is 5.91 Å². The Balaban J connectivity index is 4.85. The molecular weight excluding hydrogens is 194 g/mol. The van der Waals surface area contributed by atoms with E-state index in [0.717, 1.165) is 0 Å². The van der Waals surface area contributed by atoms with Crippen LogP contribution in [-0.4, -0.2) is 24.0 Å². The molecule has 0 bridgehead atoms. The summed E-state index contributed by atoms with van der Waals surface area (Å²) in [4.78, 5) is 22.8. The number of carbonyl (C=O) groups excluding carboxylic acids is 2. The summed E-state index contributed by atoms with van der Waals surface area (Å²) in [5.41, 5.74) is -0.955. The van der Waals surface area contributed by atoms with E-state index in [1.165, 1.54) is 6.92 Å². The van der Waals surface area contributed by atoms with Gasteiger partial charge in [-0.3, -0.25) is 4.79 Å². The fraction of sp³-hybridized carbons (Fsp3) is 0.636. The first-order valence-corrected chi connectivity index (χ1v) is 5.09. The van der Waals surface area contributed by atoms with Crippen molar-refractivity contribution in [1.82, 2.24) is 5.32 Å². The maximum atomic E-state index is 11.7. The van der Waals surface area contributed by atoms with Gasteiger partial charge in [0.05, 0.1) is 6.61 Å². The monoisotopic (exact) mass is 213 g/mol. The van der Waals surface area contributed by atoms with Gasteiger partial charge in [-0.05, 0) is 19.8 Å². The summed E-state index contributed by atoms with van der Waals surface area (Å²) in [7, 11) is 0. The van der Waals surface area contributed by atoms with Crippen molar-refractivity contribution >= 4 is 11.9 Å². The third-order valence-corrected chi connectivity index (χ3v) is 2.18. The van der Waals surface area contributed by atoms with Crippen LogP contribution in [0.4, 0.5) is 0 Å². The molecule has 15 heavy (non-hydrogen) atoms. The summed E-state index contributed by atoms with van der Waals surface area (Å²) in [6.45, 7) is 8.83. The summed E-state index contributed by atoms with van der Waals surface area (Å²) < 4.78 is 4.95. The maximum Gasteiger partial charge on any atom is 0.332 e. The molecule has 1 amide bonds. The van der Waals surface area contributed by atoms with Crippen LogP contribution in [0, 0.1) is 0 Å². The normalized spacial score (nSPS) is 13.8. The molecule has 0 aromatic rings. The molecule has 86 valence electrons. The Hall–Kier alpha value is -1.32. The number of carbonyl (C=O) groups is 2. The third kappa shape index (κ3) is 3.73. The van der Waals surface area contributed by atoms with Gasteiger partial charge in [0.25, 0.3) is 0 Å². The molecule has 0 aliphatic rings. The average Bonchev–Trinajstić information content (AvgIpc) is 2.16. The Kier molecular flexibility index (Phi) is 5.67. The van der Waals surface area contributed by atoms with E-state index in [9.17, 15) is 9.59 Å². The third-order valence-electron chi connectivity index (χ3n) is 2.18. The summed E-state index contributed by atoms with van der Waals surface area (Å²) >= 11 is 0. The van der Waals surface area contributed by atoms with Gasteiger partial charge in [-0.15, -0.1) is 6.58 Å². The molecule has 1 atom stereocenters. The van der Waals surface area contributed by atoms with Gasteiger partial charge in [0.15, 0.2) is 0 Å². The molecule has 0 aromatic heterocycles. The fourth-order valence-electron chi connectivity index (χ4n) is 1.42. The fourth-order valence-corrected chi connectivity index (χ4v) is 1.42. The minimum Gasteiger partial charge on any atom is -0.464 e. The van der Waals surface area contributed by atoms with E-state index in [4.69, 9.17) is 4.74 Å². The minimum atomic E-state index is -0.955. The molecular formula is C11H19NO3. The lowest BCUT2D eigenvalue weighted by molar-refractivity contribution is -0.153. The smallest absolute Gasteiger partial charge is 0.332 e. The number of hydrogen-bond donors (Lipinski definition) is 1. The number of hydrogen-bond acceptors (Lipinski definition) is 3. The Morgan fingerprint density at radius 2 is 2.07 bits per heavy atom. The second-order valence-corrected chi connectivity index (χ2v) is 3.33. The lowest BCUT2D eigenvalue weighted by atomic mass is 9.92. The average molecular weight is 213 g/mol. The zero-order valence-electron chi connectivity index (χ0n) is 9.63. The molecule has 4 nitrogen and oxygen atoms in total. The van der Waals surface area contributed by atoms with E-state index < -0.39 is 11.5 Å². The SMILES string of the molecule is C=CC[C@@](CC)(NC(C)=O)C(=O)OCC. The molecule has 0 aromatic carbocycles. The lowest BCUT2D eigenvalue weighted by Gasteiger charge is -2.29. The van der Waals surface area contributed by atoms with E-state index in [-0.39, 0.29) is 5.91 Å². The summed E-state index contributed by atoms with van der Waals surface area (Å²) in [6.07, 6.45) is 2.47. The Labute approximate surface area is 90.7 Å². The minimum absolute atomic E-state index is 0.244. The molecule has 0 radical (unpaired) electrons. The highest BCUT2D eigenvalue weighted by Gasteiger charge is 2.37. The van der Waals surface area contributed by atoms with E-state index in [2.05, 4.69) is 11.9 Å². The van der Waals surface area contributed by atoms with Crippen molar-refractivity contribution in [2.24, 2.45) is 0 Å². The molecule has 0 aliphatic heterocycles. The Bertz CT molecular complexity index is 250. The predicted octanol–water partition coefficient (Wildman–Crippen LogP) is 1.41. The molecule has 1 N–H and O–H groups in total. The zero-order chi connectivity index (χ0) is 11.9. The van der Waals surface area contributed by atoms with E-state index in [1.807, 2.05) is 6.92 Å².